The van der Waals surface area contributed by atoms with Crippen LogP contribution in [0.1, 0.15) is 30.1 Å². The second-order valence-electron chi connectivity index (χ2n) is 8.34. The van der Waals surface area contributed by atoms with Crippen molar-refractivity contribution in [2.45, 2.75) is 18.9 Å². The van der Waals surface area contributed by atoms with Crippen LogP contribution in [-0.2, 0) is 4.74 Å². The number of anilines is 1. The first-order valence-corrected chi connectivity index (χ1v) is 11.8. The molecule has 1 heterocycles. The molecule has 0 unspecified atom stereocenters. The average Bonchev–Trinajstić information content (AvgIpc) is 2.84. The Labute approximate surface area is 199 Å². The summed E-state index contributed by atoms with van der Waals surface area (Å²) in [5.41, 5.74) is 2.83. The molecular formula is C27H29ClF2N2O. The van der Waals surface area contributed by atoms with Gasteiger partial charge in [-0.3, -0.25) is 4.90 Å². The van der Waals surface area contributed by atoms with E-state index in [1.807, 2.05) is 18.2 Å². The van der Waals surface area contributed by atoms with E-state index in [2.05, 4.69) is 15.9 Å². The minimum Gasteiger partial charge on any atom is -0.369 e. The highest BCUT2D eigenvalue weighted by atomic mass is 35.5. The van der Waals surface area contributed by atoms with Gasteiger partial charge in [-0.25, -0.2) is 8.78 Å². The monoisotopic (exact) mass is 470 g/mol. The third-order valence-corrected chi connectivity index (χ3v) is 6.38. The molecule has 4 rings (SSSR count). The minimum absolute atomic E-state index is 0.286. The standard InChI is InChI=1S/C27H29ClF2N2O/c28-25-5-1-2-6-26(25)32-18-16-31(17-19-32)15-3-4-20-33-27(21-7-11-23(29)12-8-21)22-9-13-24(30)14-10-22/h1-2,5-14,27H,3-4,15-20H2. The highest BCUT2D eigenvalue weighted by Gasteiger charge is 2.19. The molecule has 3 nitrogen and oxygen atoms in total. The number of hydrogen-bond acceptors (Lipinski definition) is 3. The third-order valence-electron chi connectivity index (χ3n) is 6.06. The Morgan fingerprint density at radius 2 is 1.33 bits per heavy atom. The zero-order valence-electron chi connectivity index (χ0n) is 18.6. The van der Waals surface area contributed by atoms with Crippen molar-refractivity contribution < 1.29 is 13.5 Å². The molecule has 3 aromatic rings. The van der Waals surface area contributed by atoms with Gasteiger partial charge in [-0.1, -0.05) is 48.0 Å². The number of para-hydroxylation sites is 1. The molecule has 1 aliphatic rings. The van der Waals surface area contributed by atoms with E-state index < -0.39 is 0 Å². The van der Waals surface area contributed by atoms with Crippen LogP contribution in [0.3, 0.4) is 0 Å². The molecule has 0 N–H and O–H groups in total. The van der Waals surface area contributed by atoms with Crippen LogP contribution >= 0.6 is 11.6 Å². The van der Waals surface area contributed by atoms with E-state index in [1.165, 1.54) is 24.3 Å². The highest BCUT2D eigenvalue weighted by Crippen LogP contribution is 2.28. The van der Waals surface area contributed by atoms with Crippen molar-refractivity contribution in [1.82, 2.24) is 4.90 Å². The van der Waals surface area contributed by atoms with E-state index in [9.17, 15) is 8.78 Å². The number of ether oxygens (including phenoxy) is 1. The molecule has 0 saturated carbocycles. The normalized spacial score (nSPS) is 14.7. The van der Waals surface area contributed by atoms with E-state index in [4.69, 9.17) is 16.3 Å². The van der Waals surface area contributed by atoms with E-state index >= 15 is 0 Å². The number of piperazine rings is 1. The molecular weight excluding hydrogens is 442 g/mol. The van der Waals surface area contributed by atoms with Crippen LogP contribution in [0.25, 0.3) is 0 Å². The van der Waals surface area contributed by atoms with Crippen LogP contribution in [0.15, 0.2) is 72.8 Å². The van der Waals surface area contributed by atoms with E-state index in [0.717, 1.165) is 67.4 Å². The Morgan fingerprint density at radius 1 is 0.758 bits per heavy atom. The zero-order chi connectivity index (χ0) is 23.0. The summed E-state index contributed by atoms with van der Waals surface area (Å²) in [6, 6.07) is 20.6. The Morgan fingerprint density at radius 3 is 1.91 bits per heavy atom. The molecule has 6 heteroatoms. The van der Waals surface area contributed by atoms with E-state index in [-0.39, 0.29) is 17.7 Å². The predicted octanol–water partition coefficient (Wildman–Crippen LogP) is 6.33. The summed E-state index contributed by atoms with van der Waals surface area (Å²) in [5, 5.41) is 0.806. The number of rotatable bonds is 9. The van der Waals surface area contributed by atoms with Crippen LogP contribution < -0.4 is 4.90 Å². The Bertz CT molecular complexity index is 960. The molecule has 3 aromatic carbocycles. The van der Waals surface area contributed by atoms with Crippen molar-refractivity contribution in [2.75, 3.05) is 44.2 Å². The van der Waals surface area contributed by atoms with Crippen LogP contribution in [0, 0.1) is 11.6 Å². The predicted molar refractivity (Wildman–Crippen MR) is 130 cm³/mol. The van der Waals surface area contributed by atoms with Gasteiger partial charge >= 0.3 is 0 Å². The number of halogens is 3. The number of benzene rings is 3. The first-order valence-electron chi connectivity index (χ1n) is 11.4. The second kappa shape index (κ2) is 11.6. The van der Waals surface area contributed by atoms with Gasteiger partial charge in [0, 0.05) is 32.8 Å². The van der Waals surface area contributed by atoms with Crippen LogP contribution in [-0.4, -0.2) is 44.2 Å². The lowest BCUT2D eigenvalue weighted by Crippen LogP contribution is -2.46. The summed E-state index contributed by atoms with van der Waals surface area (Å²) in [6.07, 6.45) is 1.61. The molecule has 0 atom stereocenters. The Kier molecular flexibility index (Phi) is 8.32. The fourth-order valence-corrected chi connectivity index (χ4v) is 4.47. The van der Waals surface area contributed by atoms with Gasteiger partial charge in [-0.15, -0.1) is 0 Å². The summed E-state index contributed by atoms with van der Waals surface area (Å²) in [6.45, 7) is 5.57. The van der Waals surface area contributed by atoms with Gasteiger partial charge in [0.2, 0.25) is 0 Å². The van der Waals surface area contributed by atoms with Gasteiger partial charge in [-0.2, -0.15) is 0 Å². The summed E-state index contributed by atoms with van der Waals surface area (Å²) in [4.78, 5) is 4.82. The Hall–Kier alpha value is -2.47. The van der Waals surface area contributed by atoms with Gasteiger partial charge in [0.05, 0.1) is 10.7 Å². The molecule has 1 saturated heterocycles. The van der Waals surface area contributed by atoms with Gasteiger partial charge in [0.15, 0.2) is 0 Å². The fraction of sp³-hybridized carbons (Fsp3) is 0.333. The van der Waals surface area contributed by atoms with Crippen molar-refractivity contribution >= 4 is 17.3 Å². The van der Waals surface area contributed by atoms with Gasteiger partial charge in [0.25, 0.3) is 0 Å². The molecule has 174 valence electrons. The molecule has 0 bridgehead atoms. The molecule has 1 fully saturated rings. The van der Waals surface area contributed by atoms with Crippen LogP contribution in [0.5, 0.6) is 0 Å². The van der Waals surface area contributed by atoms with E-state index in [1.54, 1.807) is 24.3 Å². The number of hydrogen-bond donors (Lipinski definition) is 0. The largest absolute Gasteiger partial charge is 0.369 e. The maximum absolute atomic E-state index is 13.4. The molecule has 0 aliphatic carbocycles. The third kappa shape index (κ3) is 6.53. The molecule has 0 amide bonds. The lowest BCUT2D eigenvalue weighted by atomic mass is 10.0. The maximum atomic E-state index is 13.4. The van der Waals surface area contributed by atoms with Crippen LogP contribution in [0.2, 0.25) is 5.02 Å². The first kappa shape index (κ1) is 23.7. The van der Waals surface area contributed by atoms with Crippen molar-refractivity contribution in [2.24, 2.45) is 0 Å². The van der Waals surface area contributed by atoms with Crippen molar-refractivity contribution in [3.63, 3.8) is 0 Å². The lowest BCUT2D eigenvalue weighted by molar-refractivity contribution is 0.0750. The quantitative estimate of drug-likeness (QED) is 0.340. The van der Waals surface area contributed by atoms with Crippen molar-refractivity contribution in [3.05, 3.63) is 101 Å². The number of nitrogens with zero attached hydrogens (tertiary/aromatic N) is 2. The van der Waals surface area contributed by atoms with Crippen molar-refractivity contribution in [1.29, 1.82) is 0 Å². The first-order chi connectivity index (χ1) is 16.1. The maximum Gasteiger partial charge on any atom is 0.123 e. The highest BCUT2D eigenvalue weighted by molar-refractivity contribution is 6.33. The molecule has 1 aliphatic heterocycles. The number of unbranched alkanes of at least 4 members (excludes halogenated alkanes) is 1. The van der Waals surface area contributed by atoms with E-state index in [0.29, 0.717) is 6.61 Å². The van der Waals surface area contributed by atoms with Gasteiger partial charge in [-0.05, 0) is 66.9 Å². The average molecular weight is 471 g/mol. The summed E-state index contributed by atoms with van der Waals surface area (Å²) >= 11 is 6.34. The molecule has 0 spiro atoms. The molecule has 0 radical (unpaired) electrons. The minimum atomic E-state index is -0.342. The van der Waals surface area contributed by atoms with Crippen LogP contribution in [0.4, 0.5) is 14.5 Å². The second-order valence-corrected chi connectivity index (χ2v) is 8.75. The lowest BCUT2D eigenvalue weighted by Gasteiger charge is -2.36. The van der Waals surface area contributed by atoms with Gasteiger partial charge in [0.1, 0.15) is 17.7 Å². The zero-order valence-corrected chi connectivity index (χ0v) is 19.4. The SMILES string of the molecule is Fc1ccc(C(OCCCCN2CCN(c3ccccc3Cl)CC2)c2ccc(F)cc2)cc1. The topological polar surface area (TPSA) is 15.7 Å². The fourth-order valence-electron chi connectivity index (χ4n) is 4.22. The van der Waals surface area contributed by atoms with Gasteiger partial charge < -0.3 is 9.64 Å². The summed E-state index contributed by atoms with van der Waals surface area (Å²) in [5.74, 6) is -0.572. The molecule has 0 aromatic heterocycles. The summed E-state index contributed by atoms with van der Waals surface area (Å²) < 4.78 is 32.9. The smallest absolute Gasteiger partial charge is 0.123 e. The molecule has 33 heavy (non-hydrogen) atoms. The van der Waals surface area contributed by atoms with Crippen molar-refractivity contribution in [3.8, 4) is 0 Å². The Balaban J connectivity index is 1.23. The summed E-state index contributed by atoms with van der Waals surface area (Å²) in [7, 11) is 0.